The molecule has 1 aromatic rings. The number of fused-ring (bicyclic) bond motifs is 1. The van der Waals surface area contributed by atoms with Gasteiger partial charge in [-0.1, -0.05) is 37.6 Å². The van der Waals surface area contributed by atoms with E-state index in [0.717, 1.165) is 5.92 Å². The Morgan fingerprint density at radius 2 is 2.05 bits per heavy atom. The highest BCUT2D eigenvalue weighted by Crippen LogP contribution is 2.43. The van der Waals surface area contributed by atoms with Crippen LogP contribution in [0.2, 0.25) is 0 Å². The van der Waals surface area contributed by atoms with Crippen LogP contribution in [0.15, 0.2) is 24.3 Å². The molecule has 0 amide bonds. The van der Waals surface area contributed by atoms with Crippen LogP contribution in [0.4, 0.5) is 0 Å². The van der Waals surface area contributed by atoms with E-state index in [1.54, 1.807) is 11.1 Å². The first kappa shape index (κ1) is 13.2. The molecule has 0 aromatic heterocycles. The fraction of sp³-hybridized carbons (Fsp3) is 0.667. The molecule has 1 nitrogen and oxygen atoms in total. The lowest BCUT2D eigenvalue weighted by Gasteiger charge is -2.42. The summed E-state index contributed by atoms with van der Waals surface area (Å²) in [5, 5.41) is 3.79. The van der Waals surface area contributed by atoms with Crippen molar-refractivity contribution < 1.29 is 0 Å². The van der Waals surface area contributed by atoms with E-state index >= 15 is 0 Å². The van der Waals surface area contributed by atoms with Crippen LogP contribution in [0.25, 0.3) is 0 Å². The number of benzene rings is 1. The predicted octanol–water partition coefficient (Wildman–Crippen LogP) is 4.28. The minimum absolute atomic E-state index is 0.647. The van der Waals surface area contributed by atoms with Gasteiger partial charge in [-0.25, -0.2) is 0 Å². The van der Waals surface area contributed by atoms with Gasteiger partial charge in [-0.05, 0) is 61.0 Å². The van der Waals surface area contributed by atoms with Gasteiger partial charge in [0, 0.05) is 13.1 Å². The van der Waals surface area contributed by atoms with E-state index < -0.39 is 0 Å². The van der Waals surface area contributed by atoms with E-state index in [2.05, 4.69) is 36.5 Å². The molecule has 104 valence electrons. The normalized spacial score (nSPS) is 24.6. The lowest BCUT2D eigenvalue weighted by Crippen LogP contribution is -2.40. The first-order valence-electron chi connectivity index (χ1n) is 8.11. The maximum absolute atomic E-state index is 3.79. The van der Waals surface area contributed by atoms with Crippen molar-refractivity contribution in [3.05, 3.63) is 35.4 Å². The fourth-order valence-corrected chi connectivity index (χ4v) is 3.91. The molecule has 1 atom stereocenters. The summed E-state index contributed by atoms with van der Waals surface area (Å²) in [5.41, 5.74) is 3.85. The van der Waals surface area contributed by atoms with Gasteiger partial charge in [-0.3, -0.25) is 0 Å². The Kier molecular flexibility index (Phi) is 3.93. The van der Waals surface area contributed by atoms with Gasteiger partial charge < -0.3 is 5.32 Å². The zero-order valence-electron chi connectivity index (χ0n) is 12.3. The maximum atomic E-state index is 3.79. The van der Waals surface area contributed by atoms with E-state index in [4.69, 9.17) is 0 Å². The molecule has 1 saturated carbocycles. The van der Waals surface area contributed by atoms with Crippen molar-refractivity contribution in [2.24, 2.45) is 5.41 Å². The number of hydrogen-bond acceptors (Lipinski definition) is 1. The highest BCUT2D eigenvalue weighted by atomic mass is 14.9. The molecule has 1 N–H and O–H groups in total. The lowest BCUT2D eigenvalue weighted by molar-refractivity contribution is 0.123. The second-order valence-corrected chi connectivity index (χ2v) is 6.63. The topological polar surface area (TPSA) is 12.0 Å². The summed E-state index contributed by atoms with van der Waals surface area (Å²) in [4.78, 5) is 0. The summed E-state index contributed by atoms with van der Waals surface area (Å²) in [6, 6.07) is 9.06. The van der Waals surface area contributed by atoms with Gasteiger partial charge in [0.1, 0.15) is 0 Å². The third-order valence-electron chi connectivity index (χ3n) is 5.55. The molecule has 1 fully saturated rings. The Hall–Kier alpha value is -0.820. The van der Waals surface area contributed by atoms with Crippen LogP contribution in [0.3, 0.4) is 0 Å². The van der Waals surface area contributed by atoms with E-state index in [1.165, 1.54) is 58.0 Å². The summed E-state index contributed by atoms with van der Waals surface area (Å²) in [6.45, 7) is 4.78. The molecule has 1 unspecified atom stereocenters. The van der Waals surface area contributed by atoms with Crippen molar-refractivity contribution in [2.45, 2.75) is 57.8 Å². The molecule has 0 radical (unpaired) electrons. The second-order valence-electron chi connectivity index (χ2n) is 6.63. The van der Waals surface area contributed by atoms with Crippen molar-refractivity contribution in [2.75, 3.05) is 13.1 Å². The molecule has 0 saturated heterocycles. The number of hydrogen-bond donors (Lipinski definition) is 1. The zero-order valence-corrected chi connectivity index (χ0v) is 12.3. The summed E-state index contributed by atoms with van der Waals surface area (Å²) in [5.74, 6) is 0.749. The summed E-state index contributed by atoms with van der Waals surface area (Å²) < 4.78 is 0. The molecule has 2 aliphatic carbocycles. The van der Waals surface area contributed by atoms with Crippen molar-refractivity contribution in [3.63, 3.8) is 0 Å². The Labute approximate surface area is 117 Å². The Morgan fingerprint density at radius 3 is 2.79 bits per heavy atom. The largest absolute Gasteiger partial charge is 0.316 e. The van der Waals surface area contributed by atoms with Crippen LogP contribution < -0.4 is 5.32 Å². The highest BCUT2D eigenvalue weighted by molar-refractivity contribution is 5.32. The molecule has 3 rings (SSSR count). The Bertz CT molecular complexity index is 414. The molecular weight excluding hydrogens is 230 g/mol. The highest BCUT2D eigenvalue weighted by Gasteiger charge is 2.34. The van der Waals surface area contributed by atoms with Gasteiger partial charge in [0.2, 0.25) is 0 Å². The van der Waals surface area contributed by atoms with E-state index in [0.29, 0.717) is 5.41 Å². The monoisotopic (exact) mass is 257 g/mol. The first-order chi connectivity index (χ1) is 9.33. The quantitative estimate of drug-likeness (QED) is 0.830. The van der Waals surface area contributed by atoms with Crippen LogP contribution in [0, 0.1) is 5.41 Å². The zero-order chi connectivity index (χ0) is 13.1. The van der Waals surface area contributed by atoms with Gasteiger partial charge >= 0.3 is 0 Å². The van der Waals surface area contributed by atoms with E-state index in [9.17, 15) is 0 Å². The minimum Gasteiger partial charge on any atom is -0.316 e. The van der Waals surface area contributed by atoms with Crippen molar-refractivity contribution in [1.82, 2.24) is 5.32 Å². The van der Waals surface area contributed by atoms with E-state index in [1.807, 2.05) is 0 Å². The van der Waals surface area contributed by atoms with E-state index in [-0.39, 0.29) is 0 Å². The standard InChI is InChI=1S/C18H27N/c1-2-18(11-6-12-18)14-19-13-16-9-5-8-15-7-3-4-10-17(15)16/h3-4,7,10,16,19H,2,5-6,8-9,11-14H2,1H3. The van der Waals surface area contributed by atoms with Crippen molar-refractivity contribution in [1.29, 1.82) is 0 Å². The maximum Gasteiger partial charge on any atom is 0.00204 e. The van der Waals surface area contributed by atoms with Crippen LogP contribution in [-0.4, -0.2) is 13.1 Å². The Morgan fingerprint density at radius 1 is 1.21 bits per heavy atom. The SMILES string of the molecule is CCC1(CNCC2CCCc3ccccc32)CCC1. The molecule has 0 spiro atoms. The molecule has 2 aliphatic rings. The molecule has 1 heteroatoms. The van der Waals surface area contributed by atoms with Gasteiger partial charge in [-0.15, -0.1) is 0 Å². The third kappa shape index (κ3) is 2.72. The summed E-state index contributed by atoms with van der Waals surface area (Å²) in [7, 11) is 0. The average molecular weight is 257 g/mol. The molecular formula is C18H27N. The predicted molar refractivity (Wildman–Crippen MR) is 81.6 cm³/mol. The average Bonchev–Trinajstić information content (AvgIpc) is 2.42. The number of rotatable bonds is 5. The first-order valence-corrected chi connectivity index (χ1v) is 8.11. The molecule has 0 aliphatic heterocycles. The molecule has 19 heavy (non-hydrogen) atoms. The summed E-state index contributed by atoms with van der Waals surface area (Å²) >= 11 is 0. The van der Waals surface area contributed by atoms with Crippen LogP contribution in [-0.2, 0) is 6.42 Å². The van der Waals surface area contributed by atoms with Crippen LogP contribution in [0.1, 0.15) is 62.5 Å². The van der Waals surface area contributed by atoms with Gasteiger partial charge in [-0.2, -0.15) is 0 Å². The lowest BCUT2D eigenvalue weighted by atomic mass is 9.67. The van der Waals surface area contributed by atoms with Crippen LogP contribution in [0.5, 0.6) is 0 Å². The number of nitrogens with one attached hydrogen (secondary N) is 1. The second kappa shape index (κ2) is 5.66. The van der Waals surface area contributed by atoms with Gasteiger partial charge in [0.25, 0.3) is 0 Å². The van der Waals surface area contributed by atoms with Crippen molar-refractivity contribution >= 4 is 0 Å². The summed E-state index contributed by atoms with van der Waals surface area (Å²) in [6.07, 6.45) is 9.69. The smallest absolute Gasteiger partial charge is 0.00204 e. The fourth-order valence-electron chi connectivity index (χ4n) is 3.91. The van der Waals surface area contributed by atoms with Gasteiger partial charge in [0.15, 0.2) is 0 Å². The Balaban J connectivity index is 1.56. The van der Waals surface area contributed by atoms with Gasteiger partial charge in [0.05, 0.1) is 0 Å². The van der Waals surface area contributed by atoms with Crippen LogP contribution >= 0.6 is 0 Å². The van der Waals surface area contributed by atoms with Crippen molar-refractivity contribution in [3.8, 4) is 0 Å². The number of aryl methyl sites for hydroxylation is 1. The molecule has 0 bridgehead atoms. The molecule has 0 heterocycles. The minimum atomic E-state index is 0.647. The third-order valence-corrected chi connectivity index (χ3v) is 5.55. The molecule has 1 aromatic carbocycles.